The Balaban J connectivity index is 1.78. The first-order chi connectivity index (χ1) is 11.5. The van der Waals surface area contributed by atoms with E-state index in [1.165, 1.54) is 22.7 Å². The van der Waals surface area contributed by atoms with Gasteiger partial charge in [-0.15, -0.1) is 11.3 Å². The van der Waals surface area contributed by atoms with Gasteiger partial charge in [-0.25, -0.2) is 4.98 Å². The molecule has 1 aliphatic carbocycles. The molecule has 0 bridgehead atoms. The Bertz CT molecular complexity index is 855. The van der Waals surface area contributed by atoms with Gasteiger partial charge in [0.05, 0.1) is 11.7 Å². The largest absolute Gasteiger partial charge is 0.480 e. The van der Waals surface area contributed by atoms with Crippen molar-refractivity contribution in [1.29, 1.82) is 0 Å². The van der Waals surface area contributed by atoms with E-state index in [9.17, 15) is 14.4 Å². The first kappa shape index (κ1) is 16.6. The van der Waals surface area contributed by atoms with Crippen LogP contribution in [0.4, 0.5) is 0 Å². The minimum absolute atomic E-state index is 0.0387. The monoisotopic (exact) mass is 349 g/mol. The number of fused-ring (bicyclic) bond motifs is 3. The lowest BCUT2D eigenvalue weighted by atomic mass is 9.97. The molecule has 1 aliphatic rings. The van der Waals surface area contributed by atoms with Crippen molar-refractivity contribution in [3.8, 4) is 0 Å². The Hall–Kier alpha value is -2.22. The van der Waals surface area contributed by atoms with Gasteiger partial charge in [0.1, 0.15) is 10.9 Å². The van der Waals surface area contributed by atoms with Crippen molar-refractivity contribution < 1.29 is 14.7 Å². The lowest BCUT2D eigenvalue weighted by Gasteiger charge is -2.11. The summed E-state index contributed by atoms with van der Waals surface area (Å²) < 4.78 is 1.44. The van der Waals surface area contributed by atoms with Crippen LogP contribution in [-0.4, -0.2) is 32.6 Å². The number of hydrogen-bond donors (Lipinski definition) is 2. The Morgan fingerprint density at radius 2 is 2.17 bits per heavy atom. The molecule has 0 aliphatic heterocycles. The highest BCUT2D eigenvalue weighted by Crippen LogP contribution is 2.33. The van der Waals surface area contributed by atoms with Gasteiger partial charge in [-0.2, -0.15) is 0 Å². The fraction of sp³-hybridized carbons (Fsp3) is 0.500. The molecular formula is C16H19N3O4S. The number of carboxylic acid groups (broad SMARTS) is 1. The van der Waals surface area contributed by atoms with Crippen LogP contribution in [0, 0.1) is 0 Å². The lowest BCUT2D eigenvalue weighted by Crippen LogP contribution is -2.39. The van der Waals surface area contributed by atoms with Crippen LogP contribution >= 0.6 is 11.3 Å². The number of nitrogens with zero attached hydrogens (tertiary/aromatic N) is 2. The van der Waals surface area contributed by atoms with Crippen LogP contribution in [0.1, 0.15) is 36.6 Å². The molecule has 2 aromatic rings. The molecule has 2 heterocycles. The molecule has 0 saturated heterocycles. The van der Waals surface area contributed by atoms with Crippen LogP contribution in [0.5, 0.6) is 0 Å². The third-order valence-electron chi connectivity index (χ3n) is 4.27. The molecule has 0 unspecified atom stereocenters. The molecule has 0 radical (unpaired) electrons. The van der Waals surface area contributed by atoms with E-state index in [-0.39, 0.29) is 18.5 Å². The van der Waals surface area contributed by atoms with E-state index in [0.29, 0.717) is 5.39 Å². The number of aryl methyl sites for hydroxylation is 3. The first-order valence-electron chi connectivity index (χ1n) is 7.99. The average molecular weight is 349 g/mol. The zero-order chi connectivity index (χ0) is 17.3. The molecular weight excluding hydrogens is 330 g/mol. The number of amides is 1. The molecule has 8 heteroatoms. The number of carboxylic acids is 1. The molecule has 0 spiro atoms. The molecule has 0 saturated carbocycles. The van der Waals surface area contributed by atoms with Crippen molar-refractivity contribution >= 4 is 33.4 Å². The van der Waals surface area contributed by atoms with Gasteiger partial charge in [0.2, 0.25) is 5.91 Å². The van der Waals surface area contributed by atoms with Gasteiger partial charge in [0, 0.05) is 17.8 Å². The minimum Gasteiger partial charge on any atom is -0.480 e. The maximum atomic E-state index is 12.7. The van der Waals surface area contributed by atoms with Crippen LogP contribution < -0.4 is 10.9 Å². The molecule has 128 valence electrons. The Labute approximate surface area is 142 Å². The molecule has 0 fully saturated rings. The third kappa shape index (κ3) is 3.19. The predicted molar refractivity (Wildman–Crippen MR) is 90.4 cm³/mol. The van der Waals surface area contributed by atoms with E-state index in [2.05, 4.69) is 10.3 Å². The Morgan fingerprint density at radius 3 is 2.92 bits per heavy atom. The van der Waals surface area contributed by atoms with Gasteiger partial charge in [-0.05, 0) is 38.2 Å². The van der Waals surface area contributed by atoms with Crippen LogP contribution in [0.25, 0.3) is 10.2 Å². The molecule has 1 atom stereocenters. The molecule has 1 amide bonds. The number of hydrogen-bond acceptors (Lipinski definition) is 5. The molecule has 2 N–H and O–H groups in total. The second-order valence-electron chi connectivity index (χ2n) is 6.01. The quantitative estimate of drug-likeness (QED) is 0.848. The number of aromatic nitrogens is 2. The summed E-state index contributed by atoms with van der Waals surface area (Å²) in [5, 5.41) is 11.9. The molecule has 7 nitrogen and oxygen atoms in total. The highest BCUT2D eigenvalue weighted by atomic mass is 32.1. The van der Waals surface area contributed by atoms with Crippen LogP contribution in [0.2, 0.25) is 0 Å². The van der Waals surface area contributed by atoms with E-state index in [1.54, 1.807) is 11.3 Å². The summed E-state index contributed by atoms with van der Waals surface area (Å²) in [6.07, 6.45) is 5.66. The summed E-state index contributed by atoms with van der Waals surface area (Å²) in [7, 11) is 0. The summed E-state index contributed by atoms with van der Waals surface area (Å²) in [5.41, 5.74) is 1.01. The van der Waals surface area contributed by atoms with Crippen molar-refractivity contribution in [3.63, 3.8) is 0 Å². The first-order valence-corrected chi connectivity index (χ1v) is 8.81. The number of aliphatic carboxylic acids is 1. The summed E-state index contributed by atoms with van der Waals surface area (Å²) >= 11 is 1.59. The second-order valence-corrected chi connectivity index (χ2v) is 7.10. The topological polar surface area (TPSA) is 101 Å². The summed E-state index contributed by atoms with van der Waals surface area (Å²) in [6, 6.07) is -0.946. The van der Waals surface area contributed by atoms with Crippen molar-refractivity contribution in [1.82, 2.24) is 14.9 Å². The van der Waals surface area contributed by atoms with Crippen molar-refractivity contribution in [2.45, 2.75) is 51.6 Å². The highest BCUT2D eigenvalue weighted by molar-refractivity contribution is 7.18. The van der Waals surface area contributed by atoms with Crippen LogP contribution in [0.3, 0.4) is 0 Å². The average Bonchev–Trinajstić information content (AvgIpc) is 2.93. The Kier molecular flexibility index (Phi) is 4.66. The maximum absolute atomic E-state index is 12.7. The number of carbonyl (C=O) groups is 2. The lowest BCUT2D eigenvalue weighted by molar-refractivity contribution is -0.141. The highest BCUT2D eigenvalue weighted by Gasteiger charge is 2.20. The fourth-order valence-corrected chi connectivity index (χ4v) is 4.16. The molecule has 24 heavy (non-hydrogen) atoms. The van der Waals surface area contributed by atoms with E-state index in [0.717, 1.165) is 36.1 Å². The van der Waals surface area contributed by atoms with Gasteiger partial charge in [0.15, 0.2) is 0 Å². The fourth-order valence-electron chi connectivity index (χ4n) is 2.94. The zero-order valence-corrected chi connectivity index (χ0v) is 14.2. The standard InChI is InChI=1S/C16H19N3O4S/c1-9(16(22)23)18-12(20)6-7-19-8-17-14-13(15(19)21)10-4-2-3-5-11(10)24-14/h8-9H,2-7H2,1H3,(H,18,20)(H,22,23)/t9-/m1/s1. The molecule has 3 rings (SSSR count). The van der Waals surface area contributed by atoms with Crippen molar-refractivity contribution in [2.75, 3.05) is 0 Å². The second kappa shape index (κ2) is 6.72. The van der Waals surface area contributed by atoms with Crippen LogP contribution in [-0.2, 0) is 29.0 Å². The summed E-state index contributed by atoms with van der Waals surface area (Å²) in [4.78, 5) is 41.6. The summed E-state index contributed by atoms with van der Waals surface area (Å²) in [6.45, 7) is 1.59. The SMILES string of the molecule is C[C@@H](NC(=O)CCn1cnc2sc3c(c2c1=O)CCCC3)C(=O)O. The zero-order valence-electron chi connectivity index (χ0n) is 13.4. The number of thiophene rings is 1. The molecule has 0 aromatic carbocycles. The predicted octanol–water partition coefficient (Wildman–Crippen LogP) is 1.32. The van der Waals surface area contributed by atoms with Crippen molar-refractivity contribution in [3.05, 3.63) is 27.1 Å². The van der Waals surface area contributed by atoms with E-state index < -0.39 is 17.9 Å². The van der Waals surface area contributed by atoms with Gasteiger partial charge in [0.25, 0.3) is 5.56 Å². The smallest absolute Gasteiger partial charge is 0.325 e. The van der Waals surface area contributed by atoms with Gasteiger partial charge >= 0.3 is 5.97 Å². The van der Waals surface area contributed by atoms with E-state index in [4.69, 9.17) is 5.11 Å². The Morgan fingerprint density at radius 1 is 1.42 bits per heavy atom. The number of nitrogens with one attached hydrogen (secondary N) is 1. The number of carbonyl (C=O) groups excluding carboxylic acids is 1. The van der Waals surface area contributed by atoms with E-state index >= 15 is 0 Å². The molecule has 2 aromatic heterocycles. The number of rotatable bonds is 5. The minimum atomic E-state index is -1.09. The van der Waals surface area contributed by atoms with Gasteiger partial charge in [-0.3, -0.25) is 19.0 Å². The van der Waals surface area contributed by atoms with Crippen LogP contribution in [0.15, 0.2) is 11.1 Å². The van der Waals surface area contributed by atoms with Gasteiger partial charge in [-0.1, -0.05) is 0 Å². The normalized spacial score (nSPS) is 15.0. The van der Waals surface area contributed by atoms with Crippen molar-refractivity contribution in [2.24, 2.45) is 0 Å². The third-order valence-corrected chi connectivity index (χ3v) is 5.47. The van der Waals surface area contributed by atoms with E-state index in [1.807, 2.05) is 0 Å². The van der Waals surface area contributed by atoms with Gasteiger partial charge < -0.3 is 10.4 Å². The summed E-state index contributed by atoms with van der Waals surface area (Å²) in [5.74, 6) is -1.49. The maximum Gasteiger partial charge on any atom is 0.325 e.